The quantitative estimate of drug-likeness (QED) is 0.855. The highest BCUT2D eigenvalue weighted by atomic mass is 32.2. The maximum absolute atomic E-state index is 13.0. The van der Waals surface area contributed by atoms with Crippen LogP contribution >= 0.6 is 0 Å². The van der Waals surface area contributed by atoms with E-state index in [1.54, 1.807) is 0 Å². The Morgan fingerprint density at radius 2 is 2.24 bits per heavy atom. The number of fused-ring (bicyclic) bond motifs is 1. The number of nitrogens with two attached hydrogens (primary N) is 1. The van der Waals surface area contributed by atoms with E-state index in [1.165, 1.54) is 18.2 Å². The summed E-state index contributed by atoms with van der Waals surface area (Å²) < 4.78 is 41.6. The number of benzene rings is 1. The Kier molecular flexibility index (Phi) is 3.35. The molecule has 0 spiro atoms. The Bertz CT molecular complexity index is 515. The number of halogens is 1. The summed E-state index contributed by atoms with van der Waals surface area (Å²) in [5.41, 5.74) is 5.94. The number of hydrogen-bond acceptors (Lipinski definition) is 4. The lowest BCUT2D eigenvalue weighted by Crippen LogP contribution is -2.29. The van der Waals surface area contributed by atoms with Crippen molar-refractivity contribution in [2.45, 2.75) is 12.5 Å². The Morgan fingerprint density at radius 1 is 1.47 bits per heavy atom. The van der Waals surface area contributed by atoms with Gasteiger partial charge in [0.1, 0.15) is 17.7 Å². The van der Waals surface area contributed by atoms with Crippen LogP contribution in [0.1, 0.15) is 5.56 Å². The van der Waals surface area contributed by atoms with Crippen molar-refractivity contribution in [2.24, 2.45) is 5.73 Å². The van der Waals surface area contributed by atoms with Crippen molar-refractivity contribution >= 4 is 9.84 Å². The normalized spacial score (nSPS) is 18.8. The first-order valence-corrected chi connectivity index (χ1v) is 7.18. The van der Waals surface area contributed by atoms with Gasteiger partial charge in [0.2, 0.25) is 0 Å². The van der Waals surface area contributed by atoms with Crippen molar-refractivity contribution in [3.05, 3.63) is 29.6 Å². The van der Waals surface area contributed by atoms with Crippen molar-refractivity contribution in [1.29, 1.82) is 0 Å². The van der Waals surface area contributed by atoms with Crippen LogP contribution in [0.4, 0.5) is 4.39 Å². The molecule has 0 saturated carbocycles. The van der Waals surface area contributed by atoms with Gasteiger partial charge in [0.25, 0.3) is 0 Å². The molecule has 0 radical (unpaired) electrons. The second-order valence-electron chi connectivity index (χ2n) is 4.10. The molecule has 0 aliphatic carbocycles. The summed E-state index contributed by atoms with van der Waals surface area (Å²) in [4.78, 5) is 0. The van der Waals surface area contributed by atoms with Gasteiger partial charge < -0.3 is 10.5 Å². The fourth-order valence-corrected chi connectivity index (χ4v) is 3.21. The topological polar surface area (TPSA) is 69.4 Å². The van der Waals surface area contributed by atoms with Crippen molar-refractivity contribution < 1.29 is 17.5 Å². The second kappa shape index (κ2) is 4.62. The molecule has 94 valence electrons. The smallest absolute Gasteiger partial charge is 0.155 e. The molecule has 17 heavy (non-hydrogen) atoms. The molecular weight excluding hydrogens is 245 g/mol. The van der Waals surface area contributed by atoms with E-state index in [2.05, 4.69) is 0 Å². The summed E-state index contributed by atoms with van der Waals surface area (Å²) in [5.74, 6) is 0.120. The predicted molar refractivity (Wildman–Crippen MR) is 62.2 cm³/mol. The SMILES string of the molecule is NCCS(=O)(=O)CC1Cc2cc(F)ccc2O1. The van der Waals surface area contributed by atoms with Crippen LogP contribution in [-0.4, -0.2) is 32.6 Å². The number of sulfone groups is 1. The molecule has 1 unspecified atom stereocenters. The fourth-order valence-electron chi connectivity index (χ4n) is 1.93. The van der Waals surface area contributed by atoms with Crippen molar-refractivity contribution in [3.63, 3.8) is 0 Å². The molecule has 2 N–H and O–H groups in total. The molecule has 1 aromatic rings. The lowest BCUT2D eigenvalue weighted by molar-refractivity contribution is 0.256. The molecule has 1 aliphatic rings. The molecule has 1 atom stereocenters. The highest BCUT2D eigenvalue weighted by Gasteiger charge is 2.27. The lowest BCUT2D eigenvalue weighted by atomic mass is 10.1. The molecule has 4 nitrogen and oxygen atoms in total. The molecule has 0 saturated heterocycles. The van der Waals surface area contributed by atoms with Crippen molar-refractivity contribution in [1.82, 2.24) is 0 Å². The third kappa shape index (κ3) is 2.95. The number of hydrogen-bond donors (Lipinski definition) is 1. The Labute approximate surface area is 99.5 Å². The zero-order valence-electron chi connectivity index (χ0n) is 9.23. The van der Waals surface area contributed by atoms with E-state index in [4.69, 9.17) is 10.5 Å². The van der Waals surface area contributed by atoms with E-state index in [1.807, 2.05) is 0 Å². The molecule has 6 heteroatoms. The van der Waals surface area contributed by atoms with Gasteiger partial charge in [0, 0.05) is 18.5 Å². The first-order chi connectivity index (χ1) is 8.00. The van der Waals surface area contributed by atoms with Gasteiger partial charge in [-0.2, -0.15) is 0 Å². The van der Waals surface area contributed by atoms with Crippen molar-refractivity contribution in [2.75, 3.05) is 18.1 Å². The van der Waals surface area contributed by atoms with Crippen LogP contribution in [0.5, 0.6) is 5.75 Å². The van der Waals surface area contributed by atoms with Gasteiger partial charge in [-0.3, -0.25) is 0 Å². The van der Waals surface area contributed by atoms with Gasteiger partial charge in [-0.15, -0.1) is 0 Å². The van der Waals surface area contributed by atoms with Crippen LogP contribution in [0.15, 0.2) is 18.2 Å². The summed E-state index contributed by atoms with van der Waals surface area (Å²) in [7, 11) is -3.19. The summed E-state index contributed by atoms with van der Waals surface area (Å²) in [6, 6.07) is 4.21. The number of rotatable bonds is 4. The second-order valence-corrected chi connectivity index (χ2v) is 6.33. The maximum atomic E-state index is 13.0. The minimum absolute atomic E-state index is 0.0441. The van der Waals surface area contributed by atoms with Crippen molar-refractivity contribution in [3.8, 4) is 5.75 Å². The first-order valence-electron chi connectivity index (χ1n) is 5.36. The summed E-state index contributed by atoms with van der Waals surface area (Å²) in [6.07, 6.45) is 0.0000213. The molecule has 0 aromatic heterocycles. The summed E-state index contributed by atoms with van der Waals surface area (Å²) in [5, 5.41) is 0. The van der Waals surface area contributed by atoms with E-state index in [9.17, 15) is 12.8 Å². The van der Waals surface area contributed by atoms with Gasteiger partial charge in [-0.05, 0) is 18.2 Å². The first kappa shape index (κ1) is 12.3. The molecule has 1 heterocycles. The molecule has 1 aliphatic heterocycles. The molecule has 0 bridgehead atoms. The van der Waals surface area contributed by atoms with Crippen LogP contribution in [-0.2, 0) is 16.3 Å². The predicted octanol–water partition coefficient (Wildman–Crippen LogP) is 0.503. The Morgan fingerprint density at radius 3 is 2.94 bits per heavy atom. The van der Waals surface area contributed by atoms with E-state index < -0.39 is 15.9 Å². The van der Waals surface area contributed by atoms with Gasteiger partial charge >= 0.3 is 0 Å². The summed E-state index contributed by atoms with van der Waals surface area (Å²) in [6.45, 7) is 0.108. The fraction of sp³-hybridized carbons (Fsp3) is 0.455. The highest BCUT2D eigenvalue weighted by Crippen LogP contribution is 2.29. The molecule has 0 fully saturated rings. The lowest BCUT2D eigenvalue weighted by Gasteiger charge is -2.10. The van der Waals surface area contributed by atoms with Gasteiger partial charge in [-0.25, -0.2) is 12.8 Å². The largest absolute Gasteiger partial charge is 0.489 e. The highest BCUT2D eigenvalue weighted by molar-refractivity contribution is 7.91. The van der Waals surface area contributed by atoms with Crippen LogP contribution in [0, 0.1) is 5.82 Å². The van der Waals surface area contributed by atoms with E-state index in [0.717, 1.165) is 5.56 Å². The molecule has 0 amide bonds. The Balaban J connectivity index is 2.06. The zero-order chi connectivity index (χ0) is 12.5. The van der Waals surface area contributed by atoms with E-state index in [-0.39, 0.29) is 23.9 Å². The van der Waals surface area contributed by atoms with Crippen LogP contribution in [0.2, 0.25) is 0 Å². The van der Waals surface area contributed by atoms with Gasteiger partial charge in [-0.1, -0.05) is 0 Å². The van der Waals surface area contributed by atoms with E-state index >= 15 is 0 Å². The van der Waals surface area contributed by atoms with E-state index in [0.29, 0.717) is 12.2 Å². The zero-order valence-corrected chi connectivity index (χ0v) is 10.0. The molecule has 2 rings (SSSR count). The van der Waals surface area contributed by atoms with Gasteiger partial charge in [0.05, 0.1) is 11.5 Å². The monoisotopic (exact) mass is 259 g/mol. The maximum Gasteiger partial charge on any atom is 0.155 e. The Hall–Kier alpha value is -1.14. The van der Waals surface area contributed by atoms with Crippen LogP contribution < -0.4 is 10.5 Å². The van der Waals surface area contributed by atoms with Gasteiger partial charge in [0.15, 0.2) is 9.84 Å². The average molecular weight is 259 g/mol. The molecule has 1 aromatic carbocycles. The third-order valence-corrected chi connectivity index (χ3v) is 4.37. The average Bonchev–Trinajstić information content (AvgIpc) is 2.57. The van der Waals surface area contributed by atoms with Crippen LogP contribution in [0.3, 0.4) is 0 Å². The minimum Gasteiger partial charge on any atom is -0.489 e. The number of ether oxygens (including phenoxy) is 1. The standard InChI is InChI=1S/C11H14FNO3S/c12-9-1-2-11-8(5-9)6-10(16-11)7-17(14,15)4-3-13/h1-2,5,10H,3-4,6-7,13H2. The minimum atomic E-state index is -3.19. The third-order valence-electron chi connectivity index (χ3n) is 2.63. The van der Waals surface area contributed by atoms with Crippen LogP contribution in [0.25, 0.3) is 0 Å². The summed E-state index contributed by atoms with van der Waals surface area (Å²) >= 11 is 0. The molecular formula is C11H14FNO3S.